The molecule has 3 heteroatoms. The lowest BCUT2D eigenvalue weighted by Gasteiger charge is -2.60. The van der Waals surface area contributed by atoms with Gasteiger partial charge in [-0.3, -0.25) is 4.79 Å². The third-order valence-corrected chi connectivity index (χ3v) is 7.57. The molecule has 4 saturated carbocycles. The average molecular weight is 354 g/mol. The van der Waals surface area contributed by atoms with Gasteiger partial charge >= 0.3 is 0 Å². The van der Waals surface area contributed by atoms with Gasteiger partial charge in [0.2, 0.25) is 5.91 Å². The molecule has 4 bridgehead atoms. The van der Waals surface area contributed by atoms with E-state index in [1.165, 1.54) is 51.4 Å². The molecule has 5 atom stereocenters. The molecule has 2 nitrogen and oxygen atoms in total. The second kappa shape index (κ2) is 4.97. The second-order valence-electron chi connectivity index (χ2n) is 8.88. The van der Waals surface area contributed by atoms with E-state index in [1.807, 2.05) is 0 Å². The van der Waals surface area contributed by atoms with Crippen LogP contribution in [-0.2, 0) is 4.79 Å². The number of carbonyl (C=O) groups excluding carboxylic acids is 1. The van der Waals surface area contributed by atoms with E-state index in [-0.39, 0.29) is 0 Å². The molecule has 5 fully saturated rings. The van der Waals surface area contributed by atoms with Crippen molar-refractivity contribution in [3.05, 3.63) is 0 Å². The highest BCUT2D eigenvalue weighted by atomic mass is 79.9. The number of amides is 1. The first-order chi connectivity index (χ1) is 9.95. The lowest BCUT2D eigenvalue weighted by molar-refractivity contribution is -0.140. The van der Waals surface area contributed by atoms with Crippen molar-refractivity contribution in [2.75, 3.05) is 13.1 Å². The second-order valence-corrected chi connectivity index (χ2v) is 10.6. The number of piperidine rings is 1. The smallest absolute Gasteiger partial charge is 0.223 e. The number of likely N-dealkylation sites (tertiary alicyclic amines) is 1. The number of hydrogen-bond acceptors (Lipinski definition) is 1. The molecule has 21 heavy (non-hydrogen) atoms. The van der Waals surface area contributed by atoms with Crippen molar-refractivity contribution < 1.29 is 4.79 Å². The van der Waals surface area contributed by atoms with E-state index >= 15 is 0 Å². The summed E-state index contributed by atoms with van der Waals surface area (Å²) < 4.78 is 0.382. The van der Waals surface area contributed by atoms with Crippen molar-refractivity contribution in [1.82, 2.24) is 4.90 Å². The monoisotopic (exact) mass is 353 g/mol. The fourth-order valence-electron chi connectivity index (χ4n) is 6.39. The van der Waals surface area contributed by atoms with Gasteiger partial charge in [0.25, 0.3) is 0 Å². The lowest BCUT2D eigenvalue weighted by atomic mass is 9.48. The van der Waals surface area contributed by atoms with E-state index in [0.717, 1.165) is 31.3 Å². The molecular formula is C18H28BrNO. The van der Waals surface area contributed by atoms with E-state index in [1.54, 1.807) is 0 Å². The van der Waals surface area contributed by atoms with Crippen LogP contribution in [0.2, 0.25) is 0 Å². The topological polar surface area (TPSA) is 20.3 Å². The zero-order valence-corrected chi connectivity index (χ0v) is 14.8. The third-order valence-electron chi connectivity index (χ3n) is 6.65. The number of nitrogens with zero attached hydrogens (tertiary/aromatic N) is 1. The van der Waals surface area contributed by atoms with Gasteiger partial charge < -0.3 is 4.90 Å². The van der Waals surface area contributed by atoms with Crippen LogP contribution in [0.3, 0.4) is 0 Å². The Kier molecular flexibility index (Phi) is 3.44. The fourth-order valence-corrected chi connectivity index (χ4v) is 7.90. The molecule has 0 N–H and O–H groups in total. The highest BCUT2D eigenvalue weighted by Gasteiger charge is 2.57. The summed E-state index contributed by atoms with van der Waals surface area (Å²) in [4.78, 5) is 15.0. The molecule has 0 spiro atoms. The minimum atomic E-state index is 0.339. The molecule has 118 valence electrons. The summed E-state index contributed by atoms with van der Waals surface area (Å²) >= 11 is 4.06. The van der Waals surface area contributed by atoms with Gasteiger partial charge in [0.1, 0.15) is 0 Å². The van der Waals surface area contributed by atoms with Gasteiger partial charge in [-0.05, 0) is 74.5 Å². The maximum absolute atomic E-state index is 12.8. The van der Waals surface area contributed by atoms with Crippen LogP contribution in [0.15, 0.2) is 0 Å². The Bertz CT molecular complexity index is 434. The Balaban J connectivity index is 1.47. The Morgan fingerprint density at radius 1 is 1.24 bits per heavy atom. The Hall–Kier alpha value is -0.0500. The molecular weight excluding hydrogens is 326 g/mol. The van der Waals surface area contributed by atoms with Gasteiger partial charge in [0.15, 0.2) is 0 Å². The first kappa shape index (κ1) is 14.5. The summed E-state index contributed by atoms with van der Waals surface area (Å²) in [5, 5.41) is 0. The number of alkyl halides is 1. The van der Waals surface area contributed by atoms with Crippen molar-refractivity contribution in [2.45, 2.75) is 69.0 Å². The van der Waals surface area contributed by atoms with Crippen molar-refractivity contribution in [1.29, 1.82) is 0 Å². The molecule has 1 amide bonds. The van der Waals surface area contributed by atoms with Crippen LogP contribution in [0.4, 0.5) is 0 Å². The molecule has 1 saturated heterocycles. The van der Waals surface area contributed by atoms with Crippen LogP contribution >= 0.6 is 15.9 Å². The summed E-state index contributed by atoms with van der Waals surface area (Å²) in [6.07, 6.45) is 11.4. The molecule has 4 aliphatic carbocycles. The van der Waals surface area contributed by atoms with Crippen LogP contribution in [0.25, 0.3) is 0 Å². The van der Waals surface area contributed by atoms with Crippen LogP contribution < -0.4 is 0 Å². The van der Waals surface area contributed by atoms with Crippen LogP contribution in [0, 0.1) is 23.2 Å². The molecule has 0 aromatic carbocycles. The van der Waals surface area contributed by atoms with E-state index in [2.05, 4.69) is 27.8 Å². The van der Waals surface area contributed by atoms with E-state index in [9.17, 15) is 4.79 Å². The summed E-state index contributed by atoms with van der Waals surface area (Å²) in [6, 6.07) is 0. The SMILES string of the molecule is C[C@@H]1CCCN(C(=O)CC23C[C@@H]4C[C@@H](CC(Br)(C4)C2)C3)C1. The fraction of sp³-hybridized carbons (Fsp3) is 0.944. The van der Waals surface area contributed by atoms with Crippen LogP contribution in [-0.4, -0.2) is 28.2 Å². The van der Waals surface area contributed by atoms with Gasteiger partial charge in [0.05, 0.1) is 0 Å². The minimum Gasteiger partial charge on any atom is -0.342 e. The zero-order valence-electron chi connectivity index (χ0n) is 13.2. The molecule has 0 radical (unpaired) electrons. The molecule has 2 unspecified atom stereocenters. The van der Waals surface area contributed by atoms with E-state index < -0.39 is 0 Å². The Labute approximate surface area is 137 Å². The molecule has 1 heterocycles. The van der Waals surface area contributed by atoms with Crippen LogP contribution in [0.1, 0.15) is 64.7 Å². The van der Waals surface area contributed by atoms with Crippen molar-refractivity contribution in [3.8, 4) is 0 Å². The minimum absolute atomic E-state index is 0.339. The van der Waals surface area contributed by atoms with Crippen molar-refractivity contribution in [3.63, 3.8) is 0 Å². The first-order valence-corrected chi connectivity index (χ1v) is 9.71. The van der Waals surface area contributed by atoms with Gasteiger partial charge in [-0.15, -0.1) is 0 Å². The van der Waals surface area contributed by atoms with Gasteiger partial charge in [-0.25, -0.2) is 0 Å². The van der Waals surface area contributed by atoms with E-state index in [0.29, 0.717) is 21.6 Å². The quantitative estimate of drug-likeness (QED) is 0.675. The Morgan fingerprint density at radius 3 is 2.57 bits per heavy atom. The lowest BCUT2D eigenvalue weighted by Crippen LogP contribution is -2.54. The number of carbonyl (C=O) groups is 1. The van der Waals surface area contributed by atoms with Crippen molar-refractivity contribution >= 4 is 21.8 Å². The largest absolute Gasteiger partial charge is 0.342 e. The summed E-state index contributed by atoms with van der Waals surface area (Å²) in [7, 11) is 0. The molecule has 0 aromatic rings. The maximum atomic E-state index is 12.8. The predicted molar refractivity (Wildman–Crippen MR) is 88.4 cm³/mol. The Morgan fingerprint density at radius 2 is 1.95 bits per heavy atom. The molecule has 5 rings (SSSR count). The van der Waals surface area contributed by atoms with Gasteiger partial charge in [-0.2, -0.15) is 0 Å². The maximum Gasteiger partial charge on any atom is 0.223 e. The average Bonchev–Trinajstić information content (AvgIpc) is 2.34. The summed E-state index contributed by atoms with van der Waals surface area (Å²) in [6.45, 7) is 4.30. The number of rotatable bonds is 2. The van der Waals surface area contributed by atoms with E-state index in [4.69, 9.17) is 0 Å². The molecule has 1 aliphatic heterocycles. The standard InChI is InChI=1S/C18H28BrNO/c1-13-3-2-4-20(11-13)16(21)10-17-6-14-5-15(7-17)9-18(19,8-14)12-17/h13-15H,2-12H2,1H3/t13-,14-,15+,17?,18?/m1/s1. The number of hydrogen-bond donors (Lipinski definition) is 0. The molecule has 5 aliphatic rings. The summed E-state index contributed by atoms with van der Waals surface area (Å²) in [5.74, 6) is 2.93. The van der Waals surface area contributed by atoms with Gasteiger partial charge in [0, 0.05) is 23.8 Å². The first-order valence-electron chi connectivity index (χ1n) is 8.92. The zero-order chi connectivity index (χ0) is 14.7. The summed E-state index contributed by atoms with van der Waals surface area (Å²) in [5.41, 5.74) is 0.339. The third kappa shape index (κ3) is 2.68. The highest BCUT2D eigenvalue weighted by Crippen LogP contribution is 2.65. The normalized spacial score (nSPS) is 48.7. The van der Waals surface area contributed by atoms with Crippen molar-refractivity contribution in [2.24, 2.45) is 23.2 Å². The van der Waals surface area contributed by atoms with Crippen LogP contribution in [0.5, 0.6) is 0 Å². The number of halogens is 1. The predicted octanol–water partition coefficient (Wildman–Crippen LogP) is 4.37. The highest BCUT2D eigenvalue weighted by molar-refractivity contribution is 9.10. The van der Waals surface area contributed by atoms with Gasteiger partial charge in [-0.1, -0.05) is 22.9 Å². The molecule has 0 aromatic heterocycles.